The fourth-order valence-electron chi connectivity index (χ4n) is 2.99. The summed E-state index contributed by atoms with van der Waals surface area (Å²) in [7, 11) is -3.87. The predicted octanol–water partition coefficient (Wildman–Crippen LogP) is 2.43. The molecule has 3 rings (SSSR count). The maximum absolute atomic E-state index is 13.5. The highest BCUT2D eigenvalue weighted by Crippen LogP contribution is 2.21. The lowest BCUT2D eigenvalue weighted by atomic mass is 10.1. The third-order valence-electron chi connectivity index (χ3n) is 4.59. The average Bonchev–Trinajstić information content (AvgIpc) is 2.70. The van der Waals surface area contributed by atoms with Gasteiger partial charge in [0.1, 0.15) is 11.9 Å². The molecule has 1 aliphatic heterocycles. The quantitative estimate of drug-likeness (QED) is 0.759. The predicted molar refractivity (Wildman–Crippen MR) is 102 cm³/mol. The Balaban J connectivity index is 1.67. The van der Waals surface area contributed by atoms with Crippen molar-refractivity contribution in [2.45, 2.75) is 11.3 Å². The number of carbonyl (C=O) groups is 1. The molecular formula is C19H17ClFN3O3S. The Labute approximate surface area is 167 Å². The van der Waals surface area contributed by atoms with E-state index in [1.165, 1.54) is 4.31 Å². The summed E-state index contributed by atoms with van der Waals surface area (Å²) in [6.45, 7) is 0.732. The molecule has 0 unspecified atom stereocenters. The van der Waals surface area contributed by atoms with Crippen LogP contribution in [-0.2, 0) is 21.2 Å². The van der Waals surface area contributed by atoms with Gasteiger partial charge in [-0.1, -0.05) is 29.8 Å². The van der Waals surface area contributed by atoms with E-state index in [9.17, 15) is 17.6 Å². The van der Waals surface area contributed by atoms with E-state index < -0.39 is 15.8 Å². The van der Waals surface area contributed by atoms with Crippen molar-refractivity contribution >= 4 is 27.5 Å². The minimum absolute atomic E-state index is 0.121. The van der Waals surface area contributed by atoms with Crippen LogP contribution in [0.4, 0.5) is 4.39 Å². The van der Waals surface area contributed by atoms with Crippen LogP contribution in [0, 0.1) is 17.1 Å². The van der Waals surface area contributed by atoms with E-state index in [1.807, 2.05) is 0 Å². The van der Waals surface area contributed by atoms with Gasteiger partial charge in [-0.3, -0.25) is 4.79 Å². The molecular weight excluding hydrogens is 405 g/mol. The number of piperazine rings is 1. The lowest BCUT2D eigenvalue weighted by Gasteiger charge is -2.34. The van der Waals surface area contributed by atoms with Crippen LogP contribution in [0.5, 0.6) is 0 Å². The zero-order valence-electron chi connectivity index (χ0n) is 14.8. The van der Waals surface area contributed by atoms with Gasteiger partial charge in [-0.2, -0.15) is 9.57 Å². The normalized spacial score (nSPS) is 15.2. The van der Waals surface area contributed by atoms with Gasteiger partial charge in [0, 0.05) is 31.2 Å². The van der Waals surface area contributed by atoms with Crippen molar-refractivity contribution in [3.63, 3.8) is 0 Å². The van der Waals surface area contributed by atoms with E-state index in [-0.39, 0.29) is 49.0 Å². The SMILES string of the molecule is N#Cc1cc(S(=O)(=O)N2CCN(C(=O)Cc3ccccc3Cl)CC2)ccc1F. The van der Waals surface area contributed by atoms with Crippen LogP contribution < -0.4 is 0 Å². The molecule has 9 heteroatoms. The van der Waals surface area contributed by atoms with Gasteiger partial charge < -0.3 is 4.90 Å². The molecule has 6 nitrogen and oxygen atoms in total. The lowest BCUT2D eigenvalue weighted by Crippen LogP contribution is -2.50. The summed E-state index contributed by atoms with van der Waals surface area (Å²) < 4.78 is 40.2. The van der Waals surface area contributed by atoms with E-state index in [4.69, 9.17) is 16.9 Å². The molecule has 146 valence electrons. The van der Waals surface area contributed by atoms with Gasteiger partial charge in [0.25, 0.3) is 0 Å². The number of rotatable bonds is 4. The zero-order chi connectivity index (χ0) is 20.3. The number of sulfonamides is 1. The van der Waals surface area contributed by atoms with Crippen LogP contribution >= 0.6 is 11.6 Å². The third-order valence-corrected chi connectivity index (χ3v) is 6.85. The largest absolute Gasteiger partial charge is 0.340 e. The molecule has 0 atom stereocenters. The molecule has 1 saturated heterocycles. The average molecular weight is 422 g/mol. The Kier molecular flexibility index (Phi) is 5.98. The maximum atomic E-state index is 13.5. The van der Waals surface area contributed by atoms with Crippen molar-refractivity contribution in [1.29, 1.82) is 5.26 Å². The minimum Gasteiger partial charge on any atom is -0.340 e. The Hall–Kier alpha value is -2.47. The Morgan fingerprint density at radius 2 is 1.82 bits per heavy atom. The summed E-state index contributed by atoms with van der Waals surface area (Å²) in [5, 5.41) is 9.42. The fourth-order valence-corrected chi connectivity index (χ4v) is 4.65. The number of nitrogens with zero attached hydrogens (tertiary/aromatic N) is 3. The molecule has 1 amide bonds. The second-order valence-electron chi connectivity index (χ2n) is 6.31. The number of carbonyl (C=O) groups excluding carboxylic acids is 1. The number of amides is 1. The van der Waals surface area contributed by atoms with Crippen LogP contribution in [0.25, 0.3) is 0 Å². The summed E-state index contributed by atoms with van der Waals surface area (Å²) in [4.78, 5) is 13.9. The Morgan fingerprint density at radius 3 is 2.46 bits per heavy atom. The van der Waals surface area contributed by atoms with Crippen molar-refractivity contribution < 1.29 is 17.6 Å². The van der Waals surface area contributed by atoms with Crippen molar-refractivity contribution in [2.75, 3.05) is 26.2 Å². The van der Waals surface area contributed by atoms with Gasteiger partial charge in [0.2, 0.25) is 15.9 Å². The second kappa shape index (κ2) is 8.27. The van der Waals surface area contributed by atoms with Crippen LogP contribution in [0.2, 0.25) is 5.02 Å². The second-order valence-corrected chi connectivity index (χ2v) is 8.65. The molecule has 1 aliphatic rings. The number of hydrogen-bond acceptors (Lipinski definition) is 4. The van der Waals surface area contributed by atoms with Gasteiger partial charge >= 0.3 is 0 Å². The number of halogens is 2. The molecule has 0 N–H and O–H groups in total. The molecule has 0 bridgehead atoms. The van der Waals surface area contributed by atoms with Gasteiger partial charge in [-0.25, -0.2) is 12.8 Å². The maximum Gasteiger partial charge on any atom is 0.243 e. The molecule has 2 aromatic rings. The summed E-state index contributed by atoms with van der Waals surface area (Å²) in [6, 6.07) is 11.9. The first-order valence-electron chi connectivity index (χ1n) is 8.54. The van der Waals surface area contributed by atoms with Crippen LogP contribution in [0.1, 0.15) is 11.1 Å². The summed E-state index contributed by atoms with van der Waals surface area (Å²) in [5.74, 6) is -0.893. The summed E-state index contributed by atoms with van der Waals surface area (Å²) in [6.07, 6.45) is 0.149. The van der Waals surface area contributed by atoms with Crippen LogP contribution in [-0.4, -0.2) is 49.7 Å². The molecule has 0 aliphatic carbocycles. The standard InChI is InChI=1S/C19H17ClFN3O3S/c20-17-4-2-1-3-14(17)12-19(25)23-7-9-24(10-8-23)28(26,27)16-5-6-18(21)15(11-16)13-22/h1-6,11H,7-10,12H2. The highest BCUT2D eigenvalue weighted by atomic mass is 35.5. The zero-order valence-corrected chi connectivity index (χ0v) is 16.4. The number of benzene rings is 2. The van der Waals surface area contributed by atoms with Gasteiger partial charge in [-0.05, 0) is 29.8 Å². The molecule has 2 aromatic carbocycles. The topological polar surface area (TPSA) is 81.5 Å². The Bertz CT molecular complexity index is 1040. The minimum atomic E-state index is -3.87. The van der Waals surface area contributed by atoms with E-state index in [0.717, 1.165) is 23.8 Å². The monoisotopic (exact) mass is 421 g/mol. The van der Waals surface area contributed by atoms with Crippen molar-refractivity contribution in [1.82, 2.24) is 9.21 Å². The molecule has 0 aromatic heterocycles. The van der Waals surface area contributed by atoms with Gasteiger partial charge in [-0.15, -0.1) is 0 Å². The molecule has 0 spiro atoms. The first kappa shape index (κ1) is 20.3. The summed E-state index contributed by atoms with van der Waals surface area (Å²) in [5.41, 5.74) is 0.397. The first-order chi connectivity index (χ1) is 13.3. The van der Waals surface area contributed by atoms with E-state index >= 15 is 0 Å². The van der Waals surface area contributed by atoms with Crippen LogP contribution in [0.15, 0.2) is 47.4 Å². The van der Waals surface area contributed by atoms with E-state index in [2.05, 4.69) is 0 Å². The van der Waals surface area contributed by atoms with E-state index in [1.54, 1.807) is 35.2 Å². The van der Waals surface area contributed by atoms with Crippen molar-refractivity contribution in [3.05, 3.63) is 64.4 Å². The van der Waals surface area contributed by atoms with E-state index in [0.29, 0.717) is 5.02 Å². The molecule has 1 fully saturated rings. The molecule has 0 saturated carbocycles. The lowest BCUT2D eigenvalue weighted by molar-refractivity contribution is -0.131. The molecule has 1 heterocycles. The first-order valence-corrected chi connectivity index (χ1v) is 10.4. The van der Waals surface area contributed by atoms with Gasteiger partial charge in [0.05, 0.1) is 16.9 Å². The molecule has 0 radical (unpaired) electrons. The number of nitriles is 1. The van der Waals surface area contributed by atoms with Gasteiger partial charge in [0.15, 0.2) is 0 Å². The van der Waals surface area contributed by atoms with Crippen LogP contribution in [0.3, 0.4) is 0 Å². The van der Waals surface area contributed by atoms with Crippen molar-refractivity contribution in [3.8, 4) is 6.07 Å². The summed E-state index contributed by atoms with van der Waals surface area (Å²) >= 11 is 6.09. The highest BCUT2D eigenvalue weighted by Gasteiger charge is 2.30. The third kappa shape index (κ3) is 4.17. The smallest absolute Gasteiger partial charge is 0.243 e. The Morgan fingerprint density at radius 1 is 1.14 bits per heavy atom. The van der Waals surface area contributed by atoms with Crippen molar-refractivity contribution in [2.24, 2.45) is 0 Å². The number of hydrogen-bond donors (Lipinski definition) is 0. The fraction of sp³-hybridized carbons (Fsp3) is 0.263. The molecule has 28 heavy (non-hydrogen) atoms. The highest BCUT2D eigenvalue weighted by molar-refractivity contribution is 7.89.